The molecule has 4 atom stereocenters. The summed E-state index contributed by atoms with van der Waals surface area (Å²) in [6.45, 7) is 16.1. The van der Waals surface area contributed by atoms with E-state index in [1.165, 1.54) is 0 Å². The average Bonchev–Trinajstić information content (AvgIpc) is 3.93. The Bertz CT molecular complexity index is 2590. The van der Waals surface area contributed by atoms with E-state index >= 15 is 13.2 Å². The van der Waals surface area contributed by atoms with Crippen molar-refractivity contribution in [3.8, 4) is 23.3 Å². The molecule has 4 fully saturated rings. The number of amides is 2. The minimum atomic E-state index is -1.18. The predicted molar refractivity (Wildman–Crippen MR) is 216 cm³/mol. The highest BCUT2D eigenvalue weighted by Gasteiger charge is 2.59. The van der Waals surface area contributed by atoms with Gasteiger partial charge in [0.25, 0.3) is 0 Å². The first-order valence-corrected chi connectivity index (χ1v) is 20.7. The molecule has 5 aliphatic heterocycles. The van der Waals surface area contributed by atoms with Crippen LogP contribution in [0.3, 0.4) is 0 Å². The van der Waals surface area contributed by atoms with E-state index < -0.39 is 69.3 Å². The second-order valence-electron chi connectivity index (χ2n) is 18.6. The van der Waals surface area contributed by atoms with Gasteiger partial charge < -0.3 is 24.0 Å². The van der Waals surface area contributed by atoms with Crippen molar-refractivity contribution in [1.82, 2.24) is 24.8 Å². The molecule has 4 saturated heterocycles. The number of carbonyl (C=O) groups excluding carboxylic acids is 2. The van der Waals surface area contributed by atoms with Crippen molar-refractivity contribution in [3.05, 3.63) is 41.4 Å². The maximum atomic E-state index is 17.7. The number of piperazine rings is 1. The molecule has 0 aliphatic carbocycles. The van der Waals surface area contributed by atoms with Crippen LogP contribution in [0.25, 0.3) is 37.8 Å². The van der Waals surface area contributed by atoms with E-state index in [1.54, 1.807) is 46.4 Å². The van der Waals surface area contributed by atoms with Gasteiger partial charge in [-0.2, -0.15) is 15.2 Å². The van der Waals surface area contributed by atoms with Crippen LogP contribution in [0.5, 0.6) is 6.01 Å². The smallest absolute Gasteiger partial charge is 0.412 e. The van der Waals surface area contributed by atoms with Gasteiger partial charge in [-0.25, -0.2) is 27.2 Å². The van der Waals surface area contributed by atoms with E-state index in [1.807, 2.05) is 11.0 Å². The number of halogens is 4. The van der Waals surface area contributed by atoms with Crippen molar-refractivity contribution >= 4 is 60.9 Å². The molecule has 2 amide bonds. The molecule has 5 aliphatic rings. The summed E-state index contributed by atoms with van der Waals surface area (Å²) in [4.78, 5) is 45.6. The molecule has 13 nitrogen and oxygen atoms in total. The molecule has 316 valence electrons. The van der Waals surface area contributed by atoms with E-state index in [9.17, 15) is 19.2 Å². The third-order valence-corrected chi connectivity index (χ3v) is 13.2. The zero-order chi connectivity index (χ0) is 42.8. The van der Waals surface area contributed by atoms with E-state index in [0.717, 1.165) is 12.6 Å². The zero-order valence-electron chi connectivity index (χ0n) is 34.1. The molecule has 4 aromatic rings. The van der Waals surface area contributed by atoms with Gasteiger partial charge in [0, 0.05) is 37.0 Å². The minimum absolute atomic E-state index is 0.0288. The number of rotatable bonds is 5. The highest BCUT2D eigenvalue weighted by molar-refractivity contribution is 7.23. The van der Waals surface area contributed by atoms with Crippen LogP contribution in [0.1, 0.15) is 84.8 Å². The van der Waals surface area contributed by atoms with Crippen LogP contribution < -0.4 is 15.0 Å². The van der Waals surface area contributed by atoms with Crippen LogP contribution in [0.4, 0.5) is 38.0 Å². The lowest BCUT2D eigenvalue weighted by Gasteiger charge is -2.42. The number of anilines is 2. The summed E-state index contributed by atoms with van der Waals surface area (Å²) in [5, 5.41) is 12.6. The molecule has 60 heavy (non-hydrogen) atoms. The topological polar surface area (TPSA) is 146 Å². The van der Waals surface area contributed by atoms with E-state index in [4.69, 9.17) is 19.2 Å². The van der Waals surface area contributed by atoms with Gasteiger partial charge in [0.15, 0.2) is 11.6 Å². The van der Waals surface area contributed by atoms with Crippen molar-refractivity contribution < 1.29 is 41.4 Å². The summed E-state index contributed by atoms with van der Waals surface area (Å²) >= 11 is 0.696. The molecule has 18 heteroatoms. The number of nitrogens with one attached hydrogen (secondary N) is 1. The van der Waals surface area contributed by atoms with Gasteiger partial charge in [-0.3, -0.25) is 15.2 Å². The number of benzene rings is 1. The molecule has 9 rings (SSSR count). The first-order valence-electron chi connectivity index (χ1n) is 19.9. The Hall–Kier alpha value is -5.28. The number of alkyl halides is 1. The van der Waals surface area contributed by atoms with Gasteiger partial charge in [-0.15, -0.1) is 11.3 Å². The third-order valence-electron chi connectivity index (χ3n) is 12.1. The number of hydrogen-bond donors (Lipinski definition) is 1. The van der Waals surface area contributed by atoms with Gasteiger partial charge in [-0.05, 0) is 79.3 Å². The number of thiophene rings is 1. The predicted octanol–water partition coefficient (Wildman–Crippen LogP) is 8.48. The summed E-state index contributed by atoms with van der Waals surface area (Å²) in [5.74, 6) is -2.96. The first-order chi connectivity index (χ1) is 28.2. The molecular weight excluding hydrogens is 805 g/mol. The first kappa shape index (κ1) is 40.1. The number of fused-ring (bicyclic) bond motifs is 4. The van der Waals surface area contributed by atoms with E-state index in [0.29, 0.717) is 30.7 Å². The van der Waals surface area contributed by atoms with Crippen molar-refractivity contribution in [2.75, 3.05) is 43.0 Å². The highest BCUT2D eigenvalue weighted by atomic mass is 32.1. The quantitative estimate of drug-likeness (QED) is 0.193. The molecule has 1 spiro atoms. The zero-order valence-corrected chi connectivity index (χ0v) is 34.9. The summed E-state index contributed by atoms with van der Waals surface area (Å²) in [6, 6.07) is 1.43. The SMILES string of the molecule is C=C1C[C@]23C[C@H](CN2c2nc(OC[C@@]45CCCN4C[C@H](F)C5)nc4c(F)c(-c5ncc(F)c6sc(NC(=O)OC(C)(C)C)c(C#N)c56)c(F)c1c24)N(C(=O)OC(C)(C)C)C3. The number of carbonyl (C=O) groups is 2. The lowest BCUT2D eigenvalue weighted by Crippen LogP contribution is -2.56. The Kier molecular flexibility index (Phi) is 9.11. The van der Waals surface area contributed by atoms with Crippen molar-refractivity contribution in [1.29, 1.82) is 5.26 Å². The van der Waals surface area contributed by atoms with E-state index in [-0.39, 0.29) is 99.6 Å². The number of likely N-dealkylation sites (tertiary alicyclic amines) is 1. The lowest BCUT2D eigenvalue weighted by molar-refractivity contribution is 0.0200. The van der Waals surface area contributed by atoms with Gasteiger partial charge in [0.05, 0.1) is 50.2 Å². The number of nitriles is 1. The molecular formula is C42H44F4N8O5S. The largest absolute Gasteiger partial charge is 0.461 e. The summed E-state index contributed by atoms with van der Waals surface area (Å²) in [5.41, 5.74) is -4.65. The molecule has 1 N–H and O–H groups in total. The number of hydrogen-bond acceptors (Lipinski definition) is 12. The molecule has 2 bridgehead atoms. The summed E-state index contributed by atoms with van der Waals surface area (Å²) < 4.78 is 82.9. The standard InChI is InChI=1S/C42H44F4N8O5S/c1-20-11-42-13-22(53(18-42)38(56)59-40(5,6)7)17-54(42)34-27-25(20)29(45)28(30(46)32(27)49-36(50-34)57-19-41-9-8-10-52(41)16-21(43)12-41)31-26-23(14-47)35(51-37(55)58-39(2,3)4)60-33(26)24(44)15-48-31/h15,21-22H,1,8-13,16-19H2,2-7H3,(H,51,55)/t21-,22-,41+,42-/m1/s1. The fourth-order valence-electron chi connectivity index (χ4n) is 9.94. The molecule has 0 saturated carbocycles. The monoisotopic (exact) mass is 848 g/mol. The second-order valence-corrected chi connectivity index (χ2v) is 19.6. The maximum absolute atomic E-state index is 17.7. The Morgan fingerprint density at radius 2 is 1.80 bits per heavy atom. The molecule has 3 aromatic heterocycles. The summed E-state index contributed by atoms with van der Waals surface area (Å²) in [6.07, 6.45) is 0.764. The number of pyridine rings is 1. The van der Waals surface area contributed by atoms with Crippen LogP contribution in [0, 0.1) is 28.8 Å². The van der Waals surface area contributed by atoms with E-state index in [2.05, 4.69) is 26.8 Å². The Morgan fingerprint density at radius 1 is 1.05 bits per heavy atom. The maximum Gasteiger partial charge on any atom is 0.412 e. The molecule has 8 heterocycles. The fourth-order valence-corrected chi connectivity index (χ4v) is 11.0. The fraction of sp³-hybridized carbons (Fsp3) is 0.524. The number of aromatic nitrogens is 3. The number of ether oxygens (including phenoxy) is 3. The van der Waals surface area contributed by atoms with Gasteiger partial charge in [-0.1, -0.05) is 6.58 Å². The Labute approximate surface area is 347 Å². The lowest BCUT2D eigenvalue weighted by atomic mass is 9.87. The van der Waals surface area contributed by atoms with Crippen LogP contribution in [0.2, 0.25) is 0 Å². The van der Waals surface area contributed by atoms with Crippen molar-refractivity contribution in [3.63, 3.8) is 0 Å². The van der Waals surface area contributed by atoms with Crippen molar-refractivity contribution in [2.45, 2.75) is 108 Å². The third kappa shape index (κ3) is 6.38. The van der Waals surface area contributed by atoms with Gasteiger partial charge >= 0.3 is 18.2 Å². The van der Waals surface area contributed by atoms with Gasteiger partial charge in [0.1, 0.15) is 52.2 Å². The average molecular weight is 849 g/mol. The van der Waals surface area contributed by atoms with Crippen LogP contribution in [-0.4, -0.2) is 104 Å². The minimum Gasteiger partial charge on any atom is -0.461 e. The van der Waals surface area contributed by atoms with Crippen molar-refractivity contribution in [2.24, 2.45) is 0 Å². The Morgan fingerprint density at radius 3 is 2.52 bits per heavy atom. The second kappa shape index (κ2) is 13.6. The molecule has 1 aromatic carbocycles. The highest BCUT2D eigenvalue weighted by Crippen LogP contribution is 2.55. The van der Waals surface area contributed by atoms with Gasteiger partial charge in [0.2, 0.25) is 0 Å². The van der Waals surface area contributed by atoms with Crippen LogP contribution >= 0.6 is 11.3 Å². The van der Waals surface area contributed by atoms with Crippen LogP contribution in [0.15, 0.2) is 12.8 Å². The normalized spacial score (nSPS) is 24.8. The Balaban J connectivity index is 1.22. The van der Waals surface area contributed by atoms with Crippen LogP contribution in [-0.2, 0) is 9.47 Å². The summed E-state index contributed by atoms with van der Waals surface area (Å²) in [7, 11) is 0. The molecule has 0 unspecified atom stereocenters. The molecule has 0 radical (unpaired) electrons. The number of nitrogens with zero attached hydrogens (tertiary/aromatic N) is 7.